The molecule has 0 aliphatic heterocycles. The molecule has 0 aliphatic rings. The Labute approximate surface area is 188 Å². The van der Waals surface area contributed by atoms with Gasteiger partial charge in [0.05, 0.1) is 25.0 Å². The van der Waals surface area contributed by atoms with Gasteiger partial charge in [0.25, 0.3) is 0 Å². The Morgan fingerprint density at radius 2 is 1.69 bits per heavy atom. The fraction of sp³-hybridized carbons (Fsp3) is 0.250. The number of anilines is 1. The highest BCUT2D eigenvalue weighted by molar-refractivity contribution is 7.92. The number of nitrogens with one attached hydrogen (secondary N) is 1. The minimum Gasteiger partial charge on any atom is -0.469 e. The van der Waals surface area contributed by atoms with Crippen molar-refractivity contribution in [2.24, 2.45) is 7.05 Å². The molecule has 0 saturated carbocycles. The van der Waals surface area contributed by atoms with Crippen LogP contribution >= 0.6 is 0 Å². The Kier molecular flexibility index (Phi) is 7.15. The number of hydrogen-bond donors (Lipinski definition) is 1. The molecule has 1 heterocycles. The predicted molar refractivity (Wildman–Crippen MR) is 123 cm³/mol. The third-order valence-corrected chi connectivity index (χ3v) is 6.48. The molecule has 0 spiro atoms. The summed E-state index contributed by atoms with van der Waals surface area (Å²) in [4.78, 5) is 24.1. The van der Waals surface area contributed by atoms with Crippen molar-refractivity contribution in [1.29, 1.82) is 0 Å². The van der Waals surface area contributed by atoms with E-state index in [4.69, 9.17) is 0 Å². The summed E-state index contributed by atoms with van der Waals surface area (Å²) in [6.07, 6.45) is 0.384. The second-order valence-electron chi connectivity index (χ2n) is 7.54. The van der Waals surface area contributed by atoms with Gasteiger partial charge < -0.3 is 9.30 Å². The molecule has 0 saturated heterocycles. The molecule has 3 rings (SSSR count). The van der Waals surface area contributed by atoms with Crippen LogP contribution in [0, 0.1) is 6.92 Å². The van der Waals surface area contributed by atoms with Gasteiger partial charge >= 0.3 is 5.97 Å². The molecule has 1 N–H and O–H groups in total. The minimum absolute atomic E-state index is 0.0199. The monoisotopic (exact) mass is 454 g/mol. The second kappa shape index (κ2) is 9.82. The molecule has 2 aromatic carbocycles. The smallest absolute Gasteiger partial charge is 0.306 e. The SMILES string of the molecule is COC(=O)CCS(=O)(=O)Nc1ccc(Cc2cc(C)c(C(=O)c3ccccc3)n2C)cc1. The average molecular weight is 455 g/mol. The van der Waals surface area contributed by atoms with Crippen molar-refractivity contribution in [2.45, 2.75) is 19.8 Å². The number of esters is 1. The van der Waals surface area contributed by atoms with Crippen molar-refractivity contribution in [2.75, 3.05) is 17.6 Å². The van der Waals surface area contributed by atoms with E-state index in [0.29, 0.717) is 23.4 Å². The Hall–Kier alpha value is -3.39. The van der Waals surface area contributed by atoms with Crippen LogP contribution in [0.25, 0.3) is 0 Å². The summed E-state index contributed by atoms with van der Waals surface area (Å²) in [6, 6.07) is 18.2. The minimum atomic E-state index is -3.65. The van der Waals surface area contributed by atoms with Crippen LogP contribution < -0.4 is 4.72 Å². The highest BCUT2D eigenvalue weighted by atomic mass is 32.2. The Morgan fingerprint density at radius 3 is 2.31 bits per heavy atom. The number of aryl methyl sites for hydroxylation is 1. The van der Waals surface area contributed by atoms with Gasteiger partial charge in [-0.1, -0.05) is 42.5 Å². The van der Waals surface area contributed by atoms with Crippen molar-refractivity contribution in [3.63, 3.8) is 0 Å². The van der Waals surface area contributed by atoms with Gasteiger partial charge in [0.2, 0.25) is 15.8 Å². The first kappa shape index (κ1) is 23.3. The highest BCUT2D eigenvalue weighted by Gasteiger charge is 2.18. The maximum absolute atomic E-state index is 12.9. The molecule has 0 radical (unpaired) electrons. The zero-order valence-corrected chi connectivity index (χ0v) is 19.1. The van der Waals surface area contributed by atoms with Gasteiger partial charge in [0.15, 0.2) is 0 Å². The number of carbonyl (C=O) groups is 2. The van der Waals surface area contributed by atoms with E-state index in [1.807, 2.05) is 54.9 Å². The zero-order valence-electron chi connectivity index (χ0n) is 18.3. The zero-order chi connectivity index (χ0) is 23.3. The number of carbonyl (C=O) groups excluding carboxylic acids is 2. The Morgan fingerprint density at radius 1 is 1.03 bits per heavy atom. The standard InChI is InChI=1S/C24H26N2O5S/c1-17-15-21(26(2)23(17)24(28)19-7-5-4-6-8-19)16-18-9-11-20(12-10-18)25-32(29,30)14-13-22(27)31-3/h4-12,15,25H,13-14,16H2,1-3H3. The first-order valence-corrected chi connectivity index (χ1v) is 11.8. The molecule has 7 nitrogen and oxygen atoms in total. The lowest BCUT2D eigenvalue weighted by molar-refractivity contribution is -0.140. The van der Waals surface area contributed by atoms with Crippen molar-refractivity contribution in [3.8, 4) is 0 Å². The van der Waals surface area contributed by atoms with Gasteiger partial charge in [-0.3, -0.25) is 14.3 Å². The number of benzene rings is 2. The normalized spacial score (nSPS) is 11.2. The topological polar surface area (TPSA) is 94.5 Å². The van der Waals surface area contributed by atoms with E-state index < -0.39 is 16.0 Å². The van der Waals surface area contributed by atoms with E-state index in [2.05, 4.69) is 9.46 Å². The molecule has 0 bridgehead atoms. The number of nitrogens with zero attached hydrogens (tertiary/aromatic N) is 1. The molecule has 0 amide bonds. The second-order valence-corrected chi connectivity index (χ2v) is 9.38. The number of hydrogen-bond acceptors (Lipinski definition) is 5. The number of ketones is 1. The molecule has 8 heteroatoms. The summed E-state index contributed by atoms with van der Waals surface area (Å²) in [5.74, 6) is -0.940. The van der Waals surface area contributed by atoms with Crippen LogP contribution in [-0.4, -0.2) is 37.6 Å². The Bertz CT molecular complexity index is 1210. The van der Waals surface area contributed by atoms with E-state index in [-0.39, 0.29) is 18.0 Å². The molecular formula is C24H26N2O5S. The van der Waals surface area contributed by atoms with Gasteiger partial charge in [-0.25, -0.2) is 8.42 Å². The molecule has 32 heavy (non-hydrogen) atoms. The Balaban J connectivity index is 1.71. The summed E-state index contributed by atoms with van der Waals surface area (Å²) in [6.45, 7) is 1.92. The van der Waals surface area contributed by atoms with Gasteiger partial charge in [-0.15, -0.1) is 0 Å². The third-order valence-electron chi connectivity index (χ3n) is 5.19. The number of ether oxygens (including phenoxy) is 1. The van der Waals surface area contributed by atoms with E-state index in [0.717, 1.165) is 16.8 Å². The molecule has 0 unspecified atom stereocenters. The molecule has 1 aromatic heterocycles. The fourth-order valence-electron chi connectivity index (χ4n) is 3.50. The quantitative estimate of drug-likeness (QED) is 0.395. The fourth-order valence-corrected chi connectivity index (χ4v) is 4.53. The van der Waals surface area contributed by atoms with Crippen molar-refractivity contribution < 1.29 is 22.7 Å². The van der Waals surface area contributed by atoms with E-state index in [1.165, 1.54) is 7.11 Å². The maximum Gasteiger partial charge on any atom is 0.306 e. The first-order chi connectivity index (χ1) is 15.2. The number of methoxy groups -OCH3 is 1. The average Bonchev–Trinajstić information content (AvgIpc) is 3.06. The predicted octanol–water partition coefficient (Wildman–Crippen LogP) is 3.46. The number of aromatic nitrogens is 1. The van der Waals surface area contributed by atoms with Crippen LogP contribution in [-0.2, 0) is 33.0 Å². The van der Waals surface area contributed by atoms with E-state index in [9.17, 15) is 18.0 Å². The van der Waals surface area contributed by atoms with E-state index in [1.54, 1.807) is 24.3 Å². The highest BCUT2D eigenvalue weighted by Crippen LogP contribution is 2.21. The number of rotatable bonds is 9. The van der Waals surface area contributed by atoms with Gasteiger partial charge in [-0.05, 0) is 36.2 Å². The van der Waals surface area contributed by atoms with Crippen LogP contribution in [0.1, 0.15) is 39.3 Å². The van der Waals surface area contributed by atoms with Crippen LogP contribution in [0.15, 0.2) is 60.7 Å². The molecule has 0 atom stereocenters. The summed E-state index contributed by atoms with van der Waals surface area (Å²) in [7, 11) is -0.553. The molecule has 0 aliphatic carbocycles. The lowest BCUT2D eigenvalue weighted by atomic mass is 10.1. The van der Waals surface area contributed by atoms with Crippen LogP contribution in [0.3, 0.4) is 0 Å². The summed E-state index contributed by atoms with van der Waals surface area (Å²) >= 11 is 0. The largest absolute Gasteiger partial charge is 0.469 e. The van der Waals surface area contributed by atoms with Crippen molar-refractivity contribution in [3.05, 3.63) is 88.7 Å². The first-order valence-electron chi connectivity index (χ1n) is 10.1. The molecule has 3 aromatic rings. The van der Waals surface area contributed by atoms with E-state index >= 15 is 0 Å². The van der Waals surface area contributed by atoms with Crippen LogP contribution in [0.4, 0.5) is 5.69 Å². The molecular weight excluding hydrogens is 428 g/mol. The van der Waals surface area contributed by atoms with Gasteiger partial charge in [-0.2, -0.15) is 0 Å². The van der Waals surface area contributed by atoms with Gasteiger partial charge in [0, 0.05) is 30.4 Å². The van der Waals surface area contributed by atoms with Crippen molar-refractivity contribution >= 4 is 27.5 Å². The van der Waals surface area contributed by atoms with Crippen molar-refractivity contribution in [1.82, 2.24) is 4.57 Å². The lowest BCUT2D eigenvalue weighted by Crippen LogP contribution is -2.19. The number of sulfonamides is 1. The summed E-state index contributed by atoms with van der Waals surface area (Å²) < 4.78 is 33.1. The molecule has 168 valence electrons. The van der Waals surface area contributed by atoms with Crippen LogP contribution in [0.5, 0.6) is 0 Å². The summed E-state index contributed by atoms with van der Waals surface area (Å²) in [5.41, 5.74) is 4.58. The summed E-state index contributed by atoms with van der Waals surface area (Å²) in [5, 5.41) is 0. The maximum atomic E-state index is 12.9. The van der Waals surface area contributed by atoms with Gasteiger partial charge in [0.1, 0.15) is 0 Å². The third kappa shape index (κ3) is 5.64. The lowest BCUT2D eigenvalue weighted by Gasteiger charge is -2.10. The molecule has 0 fully saturated rings. The van der Waals surface area contributed by atoms with Crippen LogP contribution in [0.2, 0.25) is 0 Å².